The van der Waals surface area contributed by atoms with Gasteiger partial charge in [0.15, 0.2) is 5.78 Å². The Morgan fingerprint density at radius 2 is 0.667 bits per heavy atom. The quantitative estimate of drug-likeness (QED) is 0.159. The molecule has 0 saturated carbocycles. The Bertz CT molecular complexity index is 1440. The minimum Gasteiger partial charge on any atom is -0.744 e. The SMILES string of the molecule is O=C(c1ccc(-c2ccc(S(=O)(=O)[O-])cc2)cc1)c1ccc(-c2ccc(S(=O)(=O)[O-])cc2)cc1.[Na+].[Na+]. The van der Waals surface area contributed by atoms with E-state index in [0.29, 0.717) is 22.3 Å². The molecular weight excluding hydrogens is 522 g/mol. The normalized spacial score (nSPS) is 11.2. The van der Waals surface area contributed by atoms with Gasteiger partial charge >= 0.3 is 59.1 Å². The maximum Gasteiger partial charge on any atom is 1.00 e. The molecule has 0 radical (unpaired) electrons. The van der Waals surface area contributed by atoms with E-state index in [4.69, 9.17) is 0 Å². The van der Waals surface area contributed by atoms with E-state index in [1.165, 1.54) is 48.5 Å². The zero-order chi connectivity index (χ0) is 24.5. The molecule has 0 saturated heterocycles. The van der Waals surface area contributed by atoms with Crippen LogP contribution in [-0.4, -0.2) is 31.7 Å². The van der Waals surface area contributed by atoms with Crippen LogP contribution in [0.15, 0.2) is 107 Å². The molecule has 4 rings (SSSR count). The fraction of sp³-hybridized carbons (Fsp3) is 0. The molecule has 0 aromatic heterocycles. The molecule has 0 atom stereocenters. The number of carbonyl (C=O) groups is 1. The van der Waals surface area contributed by atoms with Crippen LogP contribution in [0.2, 0.25) is 0 Å². The summed E-state index contributed by atoms with van der Waals surface area (Å²) >= 11 is 0. The van der Waals surface area contributed by atoms with E-state index < -0.39 is 20.2 Å². The molecule has 0 fully saturated rings. The molecule has 172 valence electrons. The molecule has 0 bridgehead atoms. The van der Waals surface area contributed by atoms with Crippen molar-refractivity contribution in [2.24, 2.45) is 0 Å². The Hall–Kier alpha value is -1.63. The summed E-state index contributed by atoms with van der Waals surface area (Å²) in [6.07, 6.45) is 0. The molecule has 0 spiro atoms. The van der Waals surface area contributed by atoms with Crippen molar-refractivity contribution >= 4 is 26.0 Å². The molecule has 0 aliphatic carbocycles. The van der Waals surface area contributed by atoms with Gasteiger partial charge in [-0.25, -0.2) is 16.8 Å². The summed E-state index contributed by atoms with van der Waals surface area (Å²) in [6.45, 7) is 0. The van der Waals surface area contributed by atoms with Crippen molar-refractivity contribution in [1.29, 1.82) is 0 Å². The molecular formula is C25H16Na2O7S2. The van der Waals surface area contributed by atoms with Crippen molar-refractivity contribution in [3.8, 4) is 22.3 Å². The molecule has 11 heteroatoms. The van der Waals surface area contributed by atoms with Gasteiger partial charge in [-0.05, 0) is 46.5 Å². The Labute approximate surface area is 253 Å². The second-order valence-electron chi connectivity index (χ2n) is 7.44. The summed E-state index contributed by atoms with van der Waals surface area (Å²) in [5.41, 5.74) is 3.83. The van der Waals surface area contributed by atoms with Crippen molar-refractivity contribution in [2.45, 2.75) is 9.79 Å². The first kappa shape index (κ1) is 30.6. The second kappa shape index (κ2) is 12.3. The summed E-state index contributed by atoms with van der Waals surface area (Å²) in [5.74, 6) is -0.196. The van der Waals surface area contributed by atoms with Crippen molar-refractivity contribution in [3.63, 3.8) is 0 Å². The predicted octanol–water partition coefficient (Wildman–Crippen LogP) is -1.93. The first-order chi connectivity index (χ1) is 16.0. The standard InChI is InChI=1S/C25H18O7S2.2Na/c26-25(21-5-1-17(2-6-21)19-9-13-23(14-10-19)33(27,28)29)22-7-3-18(4-8-22)20-11-15-24(16-12-20)34(30,31)32;;/h1-16H,(H,27,28,29)(H,30,31,32);;/q;2*+1/p-2. The number of benzene rings is 4. The fourth-order valence-electron chi connectivity index (χ4n) is 3.42. The Balaban J connectivity index is 0.00000228. The minimum absolute atomic E-state index is 0. The van der Waals surface area contributed by atoms with Crippen LogP contribution in [0.3, 0.4) is 0 Å². The molecule has 4 aromatic rings. The molecule has 7 nitrogen and oxygen atoms in total. The van der Waals surface area contributed by atoms with Gasteiger partial charge in [0.1, 0.15) is 20.2 Å². The zero-order valence-electron chi connectivity index (χ0n) is 19.4. The van der Waals surface area contributed by atoms with Gasteiger partial charge in [-0.1, -0.05) is 72.8 Å². The van der Waals surface area contributed by atoms with Gasteiger partial charge in [0, 0.05) is 11.1 Å². The maximum absolute atomic E-state index is 12.8. The molecule has 0 unspecified atom stereocenters. The first-order valence-corrected chi connectivity index (χ1v) is 12.7. The van der Waals surface area contributed by atoms with Crippen LogP contribution in [0.25, 0.3) is 22.3 Å². The van der Waals surface area contributed by atoms with E-state index >= 15 is 0 Å². The maximum atomic E-state index is 12.8. The number of hydrogen-bond donors (Lipinski definition) is 0. The van der Waals surface area contributed by atoms with E-state index in [9.17, 15) is 30.7 Å². The van der Waals surface area contributed by atoms with Gasteiger partial charge < -0.3 is 9.11 Å². The van der Waals surface area contributed by atoms with E-state index in [1.54, 1.807) is 48.5 Å². The van der Waals surface area contributed by atoms with E-state index in [0.717, 1.165) is 11.1 Å². The molecule has 0 aliphatic rings. The molecule has 0 heterocycles. The zero-order valence-corrected chi connectivity index (χ0v) is 25.0. The molecule has 0 N–H and O–H groups in total. The van der Waals surface area contributed by atoms with Crippen LogP contribution in [0, 0.1) is 0 Å². The number of hydrogen-bond acceptors (Lipinski definition) is 7. The van der Waals surface area contributed by atoms with Gasteiger partial charge in [-0.3, -0.25) is 4.79 Å². The van der Waals surface area contributed by atoms with Crippen LogP contribution in [0.4, 0.5) is 0 Å². The van der Waals surface area contributed by atoms with E-state index in [1.807, 2.05) is 0 Å². The van der Waals surface area contributed by atoms with Crippen LogP contribution >= 0.6 is 0 Å². The van der Waals surface area contributed by atoms with Crippen molar-refractivity contribution in [3.05, 3.63) is 108 Å². The topological polar surface area (TPSA) is 131 Å². The van der Waals surface area contributed by atoms with E-state index in [2.05, 4.69) is 0 Å². The largest absolute Gasteiger partial charge is 1.00 e. The van der Waals surface area contributed by atoms with Crippen molar-refractivity contribution < 1.29 is 89.9 Å². The third kappa shape index (κ3) is 7.23. The van der Waals surface area contributed by atoms with Crippen LogP contribution < -0.4 is 59.1 Å². The summed E-state index contributed by atoms with van der Waals surface area (Å²) in [6, 6.07) is 24.6. The predicted molar refractivity (Wildman–Crippen MR) is 123 cm³/mol. The smallest absolute Gasteiger partial charge is 0.744 e. The van der Waals surface area contributed by atoms with Crippen LogP contribution in [0.1, 0.15) is 15.9 Å². The van der Waals surface area contributed by atoms with Gasteiger partial charge in [-0.2, -0.15) is 0 Å². The average Bonchev–Trinajstić information content (AvgIpc) is 2.83. The minimum atomic E-state index is -4.51. The number of rotatable bonds is 6. The third-order valence-electron chi connectivity index (χ3n) is 5.25. The monoisotopic (exact) mass is 538 g/mol. The third-order valence-corrected chi connectivity index (χ3v) is 6.95. The van der Waals surface area contributed by atoms with Gasteiger partial charge in [0.25, 0.3) is 0 Å². The Morgan fingerprint density at radius 1 is 0.444 bits per heavy atom. The molecule has 36 heavy (non-hydrogen) atoms. The van der Waals surface area contributed by atoms with Crippen molar-refractivity contribution in [2.75, 3.05) is 0 Å². The first-order valence-electron chi connectivity index (χ1n) is 9.90. The molecule has 0 aliphatic heterocycles. The number of carbonyl (C=O) groups excluding carboxylic acids is 1. The Kier molecular flexibility index (Phi) is 10.4. The summed E-state index contributed by atoms with van der Waals surface area (Å²) in [7, 11) is -9.02. The van der Waals surface area contributed by atoms with E-state index in [-0.39, 0.29) is 74.7 Å². The molecule has 4 aromatic carbocycles. The average molecular weight is 539 g/mol. The van der Waals surface area contributed by atoms with Crippen LogP contribution in [-0.2, 0) is 20.2 Å². The summed E-state index contributed by atoms with van der Waals surface area (Å²) < 4.78 is 66.4. The second-order valence-corrected chi connectivity index (χ2v) is 10.2. The van der Waals surface area contributed by atoms with Gasteiger partial charge in [0.05, 0.1) is 9.79 Å². The summed E-state index contributed by atoms with van der Waals surface area (Å²) in [4.78, 5) is 12.2. The molecule has 0 amide bonds. The van der Waals surface area contributed by atoms with Crippen molar-refractivity contribution in [1.82, 2.24) is 0 Å². The van der Waals surface area contributed by atoms with Gasteiger partial charge in [0.2, 0.25) is 0 Å². The van der Waals surface area contributed by atoms with Crippen LogP contribution in [0.5, 0.6) is 0 Å². The van der Waals surface area contributed by atoms with Gasteiger partial charge in [-0.15, -0.1) is 0 Å². The fourth-order valence-corrected chi connectivity index (χ4v) is 4.36. The number of ketones is 1. The summed E-state index contributed by atoms with van der Waals surface area (Å²) in [5, 5.41) is 0. The Morgan fingerprint density at radius 3 is 0.889 bits per heavy atom.